The van der Waals surface area contributed by atoms with Gasteiger partial charge in [0.1, 0.15) is 0 Å². The van der Waals surface area contributed by atoms with Crippen molar-refractivity contribution in [2.75, 3.05) is 26.7 Å². The maximum atomic E-state index is 3.70. The van der Waals surface area contributed by atoms with Gasteiger partial charge in [0.2, 0.25) is 0 Å². The zero-order valence-corrected chi connectivity index (χ0v) is 14.0. The summed E-state index contributed by atoms with van der Waals surface area (Å²) in [5, 5.41) is 3.70. The van der Waals surface area contributed by atoms with Crippen LogP contribution in [0.2, 0.25) is 0 Å². The van der Waals surface area contributed by atoms with E-state index in [0.29, 0.717) is 5.41 Å². The first-order valence-corrected chi connectivity index (χ1v) is 8.44. The van der Waals surface area contributed by atoms with Crippen molar-refractivity contribution in [1.82, 2.24) is 10.2 Å². The van der Waals surface area contributed by atoms with E-state index < -0.39 is 0 Å². The lowest BCUT2D eigenvalue weighted by molar-refractivity contribution is 0.122. The van der Waals surface area contributed by atoms with Crippen LogP contribution in [-0.2, 0) is 0 Å². The molecule has 0 aromatic heterocycles. The molecule has 19 heavy (non-hydrogen) atoms. The number of nitrogens with zero attached hydrogens (tertiary/aromatic N) is 1. The fraction of sp³-hybridized carbons (Fsp3) is 1.00. The predicted octanol–water partition coefficient (Wildman–Crippen LogP) is 3.91. The molecule has 0 heterocycles. The van der Waals surface area contributed by atoms with Gasteiger partial charge in [0.05, 0.1) is 0 Å². The third-order valence-corrected chi connectivity index (χ3v) is 5.09. The second-order valence-electron chi connectivity index (χ2n) is 7.09. The van der Waals surface area contributed by atoms with Gasteiger partial charge in [0, 0.05) is 19.1 Å². The summed E-state index contributed by atoms with van der Waals surface area (Å²) >= 11 is 0. The van der Waals surface area contributed by atoms with E-state index in [1.807, 2.05) is 0 Å². The fourth-order valence-corrected chi connectivity index (χ4v) is 3.41. The molecule has 114 valence electrons. The minimum atomic E-state index is 0.465. The van der Waals surface area contributed by atoms with Crippen molar-refractivity contribution < 1.29 is 0 Å². The van der Waals surface area contributed by atoms with Crippen LogP contribution in [-0.4, -0.2) is 37.6 Å². The van der Waals surface area contributed by atoms with Crippen LogP contribution in [0, 0.1) is 11.3 Å². The molecule has 0 spiro atoms. The Labute approximate surface area is 121 Å². The number of rotatable bonds is 9. The monoisotopic (exact) mass is 268 g/mol. The van der Waals surface area contributed by atoms with Crippen molar-refractivity contribution in [2.45, 2.75) is 72.3 Å². The highest BCUT2D eigenvalue weighted by molar-refractivity contribution is 4.85. The molecule has 0 aromatic carbocycles. The maximum absolute atomic E-state index is 3.70. The van der Waals surface area contributed by atoms with E-state index in [4.69, 9.17) is 0 Å². The minimum absolute atomic E-state index is 0.465. The van der Waals surface area contributed by atoms with Gasteiger partial charge in [0.15, 0.2) is 0 Å². The Hall–Kier alpha value is -0.0800. The highest BCUT2D eigenvalue weighted by Crippen LogP contribution is 2.30. The molecule has 1 aliphatic carbocycles. The lowest BCUT2D eigenvalue weighted by Gasteiger charge is -2.38. The van der Waals surface area contributed by atoms with Gasteiger partial charge in [0.25, 0.3) is 0 Å². The Morgan fingerprint density at radius 1 is 1.16 bits per heavy atom. The molecule has 0 saturated heterocycles. The molecule has 1 saturated carbocycles. The summed E-state index contributed by atoms with van der Waals surface area (Å²) in [6.45, 7) is 12.9. The SMILES string of the molecule is CCC(CC)(CNCC(C)C)CN(C)C1CCCC1. The summed E-state index contributed by atoms with van der Waals surface area (Å²) in [5.74, 6) is 0.749. The van der Waals surface area contributed by atoms with Crippen LogP contribution in [0.5, 0.6) is 0 Å². The summed E-state index contributed by atoms with van der Waals surface area (Å²) in [7, 11) is 2.35. The molecule has 2 nitrogen and oxygen atoms in total. The lowest BCUT2D eigenvalue weighted by Crippen LogP contribution is -2.45. The summed E-state index contributed by atoms with van der Waals surface area (Å²) in [4.78, 5) is 2.65. The smallest absolute Gasteiger partial charge is 0.00924 e. The van der Waals surface area contributed by atoms with Crippen LogP contribution in [0.15, 0.2) is 0 Å². The van der Waals surface area contributed by atoms with Crippen LogP contribution in [0.25, 0.3) is 0 Å². The van der Waals surface area contributed by atoms with Crippen molar-refractivity contribution in [1.29, 1.82) is 0 Å². The third-order valence-electron chi connectivity index (χ3n) is 5.09. The van der Waals surface area contributed by atoms with Gasteiger partial charge in [-0.05, 0) is 50.6 Å². The summed E-state index contributed by atoms with van der Waals surface area (Å²) in [6, 6.07) is 0.850. The molecule has 2 heteroatoms. The van der Waals surface area contributed by atoms with Gasteiger partial charge < -0.3 is 10.2 Å². The topological polar surface area (TPSA) is 15.3 Å². The maximum Gasteiger partial charge on any atom is 0.00924 e. The minimum Gasteiger partial charge on any atom is -0.316 e. The second kappa shape index (κ2) is 8.26. The van der Waals surface area contributed by atoms with Crippen LogP contribution in [0.4, 0.5) is 0 Å². The molecule has 0 bridgehead atoms. The first-order valence-electron chi connectivity index (χ1n) is 8.44. The Bertz CT molecular complexity index is 227. The molecular weight excluding hydrogens is 232 g/mol. The summed E-state index contributed by atoms with van der Waals surface area (Å²) < 4.78 is 0. The highest BCUT2D eigenvalue weighted by atomic mass is 15.1. The van der Waals surface area contributed by atoms with Crippen LogP contribution in [0.3, 0.4) is 0 Å². The number of nitrogens with one attached hydrogen (secondary N) is 1. The lowest BCUT2D eigenvalue weighted by atomic mass is 9.81. The Kier molecular flexibility index (Phi) is 7.38. The van der Waals surface area contributed by atoms with Crippen LogP contribution < -0.4 is 5.32 Å². The van der Waals surface area contributed by atoms with Crippen LogP contribution >= 0.6 is 0 Å². The van der Waals surface area contributed by atoms with E-state index in [2.05, 4.69) is 45.0 Å². The van der Waals surface area contributed by atoms with Gasteiger partial charge in [-0.1, -0.05) is 40.5 Å². The zero-order chi connectivity index (χ0) is 14.3. The van der Waals surface area contributed by atoms with Gasteiger partial charge in [-0.25, -0.2) is 0 Å². The van der Waals surface area contributed by atoms with Gasteiger partial charge in [-0.3, -0.25) is 0 Å². The Morgan fingerprint density at radius 3 is 2.21 bits per heavy atom. The molecule has 0 aromatic rings. The van der Waals surface area contributed by atoms with E-state index in [1.54, 1.807) is 0 Å². The molecule has 1 fully saturated rings. The number of hydrogen-bond acceptors (Lipinski definition) is 2. The largest absolute Gasteiger partial charge is 0.316 e. The average molecular weight is 268 g/mol. The summed E-state index contributed by atoms with van der Waals surface area (Å²) in [6.07, 6.45) is 8.27. The highest BCUT2D eigenvalue weighted by Gasteiger charge is 2.30. The van der Waals surface area contributed by atoms with E-state index in [-0.39, 0.29) is 0 Å². The van der Waals surface area contributed by atoms with Crippen molar-refractivity contribution in [3.8, 4) is 0 Å². The summed E-state index contributed by atoms with van der Waals surface area (Å²) in [5.41, 5.74) is 0.465. The molecule has 0 radical (unpaired) electrons. The standard InChI is InChI=1S/C17H36N2/c1-6-17(7-2,13-18-12-15(3)4)14-19(5)16-10-8-9-11-16/h15-16,18H,6-14H2,1-5H3. The normalized spacial score (nSPS) is 17.8. The first-order chi connectivity index (χ1) is 9.03. The second-order valence-corrected chi connectivity index (χ2v) is 7.09. The third kappa shape index (κ3) is 5.43. The van der Waals surface area contributed by atoms with E-state index in [0.717, 1.165) is 18.5 Å². The molecule has 0 unspecified atom stereocenters. The Morgan fingerprint density at radius 2 is 1.74 bits per heavy atom. The molecular formula is C17H36N2. The van der Waals surface area contributed by atoms with Gasteiger partial charge in [-0.2, -0.15) is 0 Å². The first kappa shape index (κ1) is 17.0. The zero-order valence-electron chi connectivity index (χ0n) is 14.0. The molecule has 1 N–H and O–H groups in total. The molecule has 1 aliphatic rings. The molecule has 0 amide bonds. The van der Waals surface area contributed by atoms with Crippen LogP contribution in [0.1, 0.15) is 66.2 Å². The average Bonchev–Trinajstić information content (AvgIpc) is 2.91. The van der Waals surface area contributed by atoms with E-state index >= 15 is 0 Å². The molecule has 1 rings (SSSR count). The van der Waals surface area contributed by atoms with Crippen molar-refractivity contribution in [3.05, 3.63) is 0 Å². The quantitative estimate of drug-likeness (QED) is 0.682. The predicted molar refractivity (Wildman–Crippen MR) is 85.6 cm³/mol. The van der Waals surface area contributed by atoms with Gasteiger partial charge >= 0.3 is 0 Å². The van der Waals surface area contributed by atoms with Gasteiger partial charge in [-0.15, -0.1) is 0 Å². The van der Waals surface area contributed by atoms with Crippen molar-refractivity contribution in [2.24, 2.45) is 11.3 Å². The Balaban J connectivity index is 2.48. The van der Waals surface area contributed by atoms with E-state index in [1.165, 1.54) is 51.6 Å². The van der Waals surface area contributed by atoms with Crippen molar-refractivity contribution in [3.63, 3.8) is 0 Å². The van der Waals surface area contributed by atoms with E-state index in [9.17, 15) is 0 Å². The molecule has 0 aliphatic heterocycles. The number of hydrogen-bond donors (Lipinski definition) is 1. The van der Waals surface area contributed by atoms with Crippen molar-refractivity contribution >= 4 is 0 Å². The molecule has 0 atom stereocenters. The fourth-order valence-electron chi connectivity index (χ4n) is 3.41.